The van der Waals surface area contributed by atoms with Crippen molar-refractivity contribution >= 4 is 21.5 Å². The topological polar surface area (TPSA) is 135 Å². The quantitative estimate of drug-likeness (QED) is 0.363. The van der Waals surface area contributed by atoms with Gasteiger partial charge in [0.2, 0.25) is 0 Å². The first-order chi connectivity index (χ1) is 15.9. The SMILES string of the molecule is COCC(C)(O)c1ccc(-c2ccc(C3=NOC(CC(C)(C(=O)NO)S(C)(=O)=O)C3)cc2)cc1. The van der Waals surface area contributed by atoms with E-state index in [1.165, 1.54) is 12.4 Å². The van der Waals surface area contributed by atoms with Gasteiger partial charge in [-0.3, -0.25) is 10.0 Å². The van der Waals surface area contributed by atoms with Gasteiger partial charge >= 0.3 is 0 Å². The van der Waals surface area contributed by atoms with E-state index in [-0.39, 0.29) is 13.0 Å². The maximum atomic E-state index is 12.2. The number of aliphatic hydroxyl groups is 1. The smallest absolute Gasteiger partial charge is 0.264 e. The average Bonchev–Trinajstić information content (AvgIpc) is 3.26. The zero-order valence-electron chi connectivity index (χ0n) is 19.6. The van der Waals surface area contributed by atoms with Gasteiger partial charge in [-0.25, -0.2) is 13.9 Å². The van der Waals surface area contributed by atoms with Gasteiger partial charge in [0.15, 0.2) is 14.6 Å². The molecule has 1 amide bonds. The molecule has 0 saturated heterocycles. The Labute approximate surface area is 199 Å². The van der Waals surface area contributed by atoms with Gasteiger partial charge in [0.25, 0.3) is 5.91 Å². The molecule has 10 heteroatoms. The van der Waals surface area contributed by atoms with Crippen molar-refractivity contribution < 1.29 is 33.1 Å². The molecule has 1 aliphatic heterocycles. The molecule has 2 aromatic rings. The number of amides is 1. The predicted molar refractivity (Wildman–Crippen MR) is 127 cm³/mol. The molecule has 1 heterocycles. The minimum Gasteiger partial charge on any atom is -0.392 e. The van der Waals surface area contributed by atoms with Gasteiger partial charge in [-0.15, -0.1) is 0 Å². The lowest BCUT2D eigenvalue weighted by Gasteiger charge is -2.26. The van der Waals surface area contributed by atoms with Crippen LogP contribution in [-0.4, -0.2) is 61.2 Å². The van der Waals surface area contributed by atoms with E-state index in [1.54, 1.807) is 14.0 Å². The minimum absolute atomic E-state index is 0.150. The molecule has 3 rings (SSSR count). The minimum atomic E-state index is -3.82. The van der Waals surface area contributed by atoms with E-state index in [9.17, 15) is 18.3 Å². The van der Waals surface area contributed by atoms with Crippen LogP contribution in [0.3, 0.4) is 0 Å². The number of carbonyl (C=O) groups excluding carboxylic acids is 1. The van der Waals surface area contributed by atoms with Crippen molar-refractivity contribution in [2.75, 3.05) is 20.0 Å². The number of methoxy groups -OCH3 is 1. The third-order valence-electron chi connectivity index (χ3n) is 6.23. The molecule has 0 fully saturated rings. The van der Waals surface area contributed by atoms with Gasteiger partial charge in [0.1, 0.15) is 11.7 Å². The summed E-state index contributed by atoms with van der Waals surface area (Å²) in [6.07, 6.45) is 0.497. The Morgan fingerprint density at radius 2 is 1.65 bits per heavy atom. The van der Waals surface area contributed by atoms with Crippen molar-refractivity contribution in [2.45, 2.75) is 43.1 Å². The third kappa shape index (κ3) is 5.30. The summed E-state index contributed by atoms with van der Waals surface area (Å²) in [6.45, 7) is 3.15. The molecule has 1 aliphatic rings. The molecule has 0 saturated carbocycles. The van der Waals surface area contributed by atoms with E-state index >= 15 is 0 Å². The molecule has 0 spiro atoms. The van der Waals surface area contributed by atoms with Crippen molar-refractivity contribution in [3.63, 3.8) is 0 Å². The number of nitrogens with one attached hydrogen (secondary N) is 1. The summed E-state index contributed by atoms with van der Waals surface area (Å²) in [4.78, 5) is 17.5. The fourth-order valence-electron chi connectivity index (χ4n) is 3.91. The van der Waals surface area contributed by atoms with Gasteiger partial charge in [0, 0.05) is 26.2 Å². The van der Waals surface area contributed by atoms with Gasteiger partial charge in [-0.2, -0.15) is 0 Å². The van der Waals surface area contributed by atoms with Gasteiger partial charge in [0.05, 0.1) is 12.3 Å². The molecule has 3 atom stereocenters. The highest BCUT2D eigenvalue weighted by Gasteiger charge is 2.47. The molecule has 2 aromatic carbocycles. The monoisotopic (exact) mass is 490 g/mol. The lowest BCUT2D eigenvalue weighted by Crippen LogP contribution is -2.51. The number of ether oxygens (including phenoxy) is 1. The summed E-state index contributed by atoms with van der Waals surface area (Å²) in [5.74, 6) is -1.01. The number of benzene rings is 2. The first-order valence-electron chi connectivity index (χ1n) is 10.7. The molecular formula is C24H30N2O7S. The van der Waals surface area contributed by atoms with E-state index in [1.807, 2.05) is 48.5 Å². The zero-order chi connectivity index (χ0) is 25.1. The van der Waals surface area contributed by atoms with Crippen LogP contribution in [0.4, 0.5) is 0 Å². The number of oxime groups is 1. The van der Waals surface area contributed by atoms with E-state index in [4.69, 9.17) is 14.8 Å². The molecule has 34 heavy (non-hydrogen) atoms. The number of carbonyl (C=O) groups is 1. The van der Waals surface area contributed by atoms with Crippen molar-refractivity contribution in [1.29, 1.82) is 0 Å². The maximum Gasteiger partial charge on any atom is 0.264 e. The molecular weight excluding hydrogens is 460 g/mol. The highest BCUT2D eigenvalue weighted by molar-refractivity contribution is 7.92. The Hall–Kier alpha value is -2.79. The second-order valence-electron chi connectivity index (χ2n) is 8.98. The zero-order valence-corrected chi connectivity index (χ0v) is 20.4. The highest BCUT2D eigenvalue weighted by atomic mass is 32.2. The Bertz CT molecular complexity index is 1160. The molecule has 184 valence electrons. The summed E-state index contributed by atoms with van der Waals surface area (Å²) in [5, 5.41) is 23.5. The molecule has 0 aliphatic carbocycles. The van der Waals surface area contributed by atoms with Crippen LogP contribution in [0.1, 0.15) is 37.8 Å². The first kappa shape index (κ1) is 25.8. The molecule has 9 nitrogen and oxygen atoms in total. The summed E-state index contributed by atoms with van der Waals surface area (Å²) in [6, 6.07) is 15.3. The van der Waals surface area contributed by atoms with Crippen LogP contribution in [-0.2, 0) is 29.8 Å². The van der Waals surface area contributed by atoms with E-state index in [0.29, 0.717) is 12.1 Å². The highest BCUT2D eigenvalue weighted by Crippen LogP contribution is 2.30. The van der Waals surface area contributed by atoms with Crippen LogP contribution in [0.2, 0.25) is 0 Å². The Morgan fingerprint density at radius 3 is 2.15 bits per heavy atom. The lowest BCUT2D eigenvalue weighted by atomic mass is 9.93. The first-order valence-corrected chi connectivity index (χ1v) is 12.6. The lowest BCUT2D eigenvalue weighted by molar-refractivity contribution is -0.132. The third-order valence-corrected chi connectivity index (χ3v) is 8.22. The van der Waals surface area contributed by atoms with Crippen LogP contribution >= 0.6 is 0 Å². The number of nitrogens with zero attached hydrogens (tertiary/aromatic N) is 1. The van der Waals surface area contributed by atoms with Gasteiger partial charge in [-0.05, 0) is 36.1 Å². The molecule has 3 N–H and O–H groups in total. The van der Waals surface area contributed by atoms with Gasteiger partial charge < -0.3 is 14.7 Å². The summed E-state index contributed by atoms with van der Waals surface area (Å²) in [5.41, 5.74) is 4.54. The van der Waals surface area contributed by atoms with Crippen LogP contribution < -0.4 is 5.48 Å². The van der Waals surface area contributed by atoms with Crippen LogP contribution in [0, 0.1) is 0 Å². The molecule has 0 radical (unpaired) electrons. The van der Waals surface area contributed by atoms with Crippen molar-refractivity contribution in [3.8, 4) is 11.1 Å². The molecule has 3 unspecified atom stereocenters. The van der Waals surface area contributed by atoms with E-state index < -0.39 is 32.2 Å². The second-order valence-corrected chi connectivity index (χ2v) is 11.4. The number of hydrogen-bond donors (Lipinski definition) is 3. The maximum absolute atomic E-state index is 12.2. The van der Waals surface area contributed by atoms with E-state index in [0.717, 1.165) is 28.5 Å². The normalized spacial score (nSPS) is 19.5. The predicted octanol–water partition coefficient (Wildman–Crippen LogP) is 2.40. The number of hydrogen-bond acceptors (Lipinski definition) is 8. The van der Waals surface area contributed by atoms with Crippen LogP contribution in [0.15, 0.2) is 53.7 Å². The fraction of sp³-hybridized carbons (Fsp3) is 0.417. The molecule has 0 aromatic heterocycles. The summed E-state index contributed by atoms with van der Waals surface area (Å²) >= 11 is 0. The fourth-order valence-corrected chi connectivity index (χ4v) is 4.79. The van der Waals surface area contributed by atoms with Gasteiger partial charge in [-0.1, -0.05) is 53.7 Å². The standard InChI is InChI=1S/C24H30N2O7S/c1-23(28,15-32-3)19-11-9-17(10-12-19)16-5-7-18(8-6-16)21-13-20(33-26-21)14-24(2,22(27)25-29)34(4,30)31/h5-12,20,28-29H,13-15H2,1-4H3,(H,25,27). The number of sulfone groups is 1. The van der Waals surface area contributed by atoms with Crippen LogP contribution in [0.5, 0.6) is 0 Å². The average molecular weight is 491 g/mol. The Balaban J connectivity index is 1.70. The Morgan fingerprint density at radius 1 is 1.12 bits per heavy atom. The summed E-state index contributed by atoms with van der Waals surface area (Å²) in [7, 11) is -2.28. The van der Waals surface area contributed by atoms with Crippen molar-refractivity contribution in [2.24, 2.45) is 5.16 Å². The van der Waals surface area contributed by atoms with Crippen molar-refractivity contribution in [1.82, 2.24) is 5.48 Å². The van der Waals surface area contributed by atoms with E-state index in [2.05, 4.69) is 5.16 Å². The van der Waals surface area contributed by atoms with Crippen molar-refractivity contribution in [3.05, 3.63) is 59.7 Å². The second kappa shape index (κ2) is 9.83. The number of rotatable bonds is 9. The van der Waals surface area contributed by atoms with Crippen LogP contribution in [0.25, 0.3) is 11.1 Å². The summed E-state index contributed by atoms with van der Waals surface area (Å²) < 4.78 is 27.6. The number of hydroxylamine groups is 1. The molecule has 0 bridgehead atoms. The largest absolute Gasteiger partial charge is 0.392 e. The Kier molecular flexibility index (Phi) is 7.47.